The van der Waals surface area contributed by atoms with Gasteiger partial charge in [0.1, 0.15) is 0 Å². The van der Waals surface area contributed by atoms with Crippen LogP contribution in [0, 0.1) is 5.92 Å². The second-order valence-corrected chi connectivity index (χ2v) is 7.56. The first-order valence-electron chi connectivity index (χ1n) is 6.68. The van der Waals surface area contributed by atoms with Crippen molar-refractivity contribution >= 4 is 27.6 Å². The fourth-order valence-electron chi connectivity index (χ4n) is 1.81. The molecule has 0 radical (unpaired) electrons. The van der Waals surface area contributed by atoms with E-state index < -0.39 is 16.0 Å². The normalized spacial score (nSPS) is 13.4. The molecule has 1 aromatic carbocycles. The minimum absolute atomic E-state index is 0.00862. The molecule has 0 spiro atoms. The van der Waals surface area contributed by atoms with Crippen molar-refractivity contribution in [2.24, 2.45) is 5.92 Å². The van der Waals surface area contributed by atoms with Gasteiger partial charge in [0.15, 0.2) is 0 Å². The lowest BCUT2D eigenvalue weighted by Crippen LogP contribution is -2.32. The molecule has 1 aromatic rings. The molecule has 1 atom stereocenters. The van der Waals surface area contributed by atoms with Crippen molar-refractivity contribution in [3.05, 3.63) is 28.8 Å². The lowest BCUT2D eigenvalue weighted by Gasteiger charge is -2.15. The van der Waals surface area contributed by atoms with Crippen LogP contribution < -0.4 is 4.72 Å². The highest BCUT2D eigenvalue weighted by Gasteiger charge is 2.20. The second-order valence-electron chi connectivity index (χ2n) is 5.44. The van der Waals surface area contributed by atoms with Gasteiger partial charge in [-0.05, 0) is 43.9 Å². The maximum absolute atomic E-state index is 12.2. The summed E-state index contributed by atoms with van der Waals surface area (Å²) in [6, 6.07) is 3.42. The average molecular weight is 334 g/mol. The first-order chi connectivity index (χ1) is 9.63. The first-order valence-corrected chi connectivity index (χ1v) is 8.54. The standard InChI is InChI=1S/C14H20ClNO4S/c1-9(2)4-5-10(3)16-21(19,20)11-6-7-13(15)12(8-11)14(17)18/h6-10,16H,4-5H2,1-3H3,(H,17,18). The number of carboxylic acid groups (broad SMARTS) is 1. The molecule has 0 fully saturated rings. The van der Waals surface area contributed by atoms with Crippen LogP contribution in [0.2, 0.25) is 5.02 Å². The van der Waals surface area contributed by atoms with E-state index in [9.17, 15) is 13.2 Å². The summed E-state index contributed by atoms with van der Waals surface area (Å²) in [5.41, 5.74) is -0.227. The minimum Gasteiger partial charge on any atom is -0.478 e. The molecule has 118 valence electrons. The summed E-state index contributed by atoms with van der Waals surface area (Å²) in [7, 11) is -3.75. The van der Waals surface area contributed by atoms with Gasteiger partial charge in [-0.1, -0.05) is 25.4 Å². The number of carboxylic acids is 1. The lowest BCUT2D eigenvalue weighted by atomic mass is 10.1. The largest absolute Gasteiger partial charge is 0.478 e. The van der Waals surface area contributed by atoms with E-state index in [4.69, 9.17) is 16.7 Å². The number of benzene rings is 1. The number of hydrogen-bond acceptors (Lipinski definition) is 3. The van der Waals surface area contributed by atoms with Gasteiger partial charge in [-0.3, -0.25) is 0 Å². The monoisotopic (exact) mass is 333 g/mol. The number of carbonyl (C=O) groups is 1. The molecule has 0 aliphatic heterocycles. The van der Waals surface area contributed by atoms with Crippen molar-refractivity contribution in [1.82, 2.24) is 4.72 Å². The SMILES string of the molecule is CC(C)CCC(C)NS(=O)(=O)c1ccc(Cl)c(C(=O)O)c1. The van der Waals surface area contributed by atoms with E-state index in [1.807, 2.05) is 0 Å². The van der Waals surface area contributed by atoms with Crippen LogP contribution in [0.25, 0.3) is 0 Å². The van der Waals surface area contributed by atoms with Gasteiger partial charge in [-0.15, -0.1) is 0 Å². The molecule has 2 N–H and O–H groups in total. The molecule has 7 heteroatoms. The fraction of sp³-hybridized carbons (Fsp3) is 0.500. The van der Waals surface area contributed by atoms with E-state index in [-0.39, 0.29) is 21.5 Å². The molecule has 0 heterocycles. The summed E-state index contributed by atoms with van der Waals surface area (Å²) in [4.78, 5) is 10.9. The lowest BCUT2D eigenvalue weighted by molar-refractivity contribution is 0.0697. The molecule has 0 amide bonds. The van der Waals surface area contributed by atoms with E-state index in [1.165, 1.54) is 12.1 Å². The molecule has 0 aromatic heterocycles. The third-order valence-electron chi connectivity index (χ3n) is 3.01. The first kappa shape index (κ1) is 17.9. The maximum Gasteiger partial charge on any atom is 0.337 e. The molecular formula is C14H20ClNO4S. The number of nitrogens with one attached hydrogen (secondary N) is 1. The average Bonchev–Trinajstić information content (AvgIpc) is 2.35. The van der Waals surface area contributed by atoms with Gasteiger partial charge >= 0.3 is 5.97 Å². The number of hydrogen-bond donors (Lipinski definition) is 2. The van der Waals surface area contributed by atoms with E-state index in [2.05, 4.69) is 18.6 Å². The molecule has 0 bridgehead atoms. The molecule has 0 saturated carbocycles. The zero-order valence-corrected chi connectivity index (χ0v) is 13.8. The fourth-order valence-corrected chi connectivity index (χ4v) is 3.31. The van der Waals surface area contributed by atoms with Gasteiger partial charge in [0.05, 0.1) is 15.5 Å². The van der Waals surface area contributed by atoms with E-state index in [1.54, 1.807) is 6.92 Å². The maximum atomic E-state index is 12.2. The third-order valence-corrected chi connectivity index (χ3v) is 4.93. The van der Waals surface area contributed by atoms with Crippen molar-refractivity contribution < 1.29 is 18.3 Å². The summed E-state index contributed by atoms with van der Waals surface area (Å²) in [5.74, 6) is -0.768. The zero-order chi connectivity index (χ0) is 16.2. The molecular weight excluding hydrogens is 314 g/mol. The van der Waals surface area contributed by atoms with Crippen molar-refractivity contribution in [2.45, 2.75) is 44.6 Å². The Labute approximate surface area is 130 Å². The summed E-state index contributed by atoms with van der Waals surface area (Å²) in [5, 5.41) is 8.99. The summed E-state index contributed by atoms with van der Waals surface area (Å²) >= 11 is 5.74. The van der Waals surface area contributed by atoms with Gasteiger partial charge in [0.2, 0.25) is 10.0 Å². The van der Waals surface area contributed by atoms with Crippen LogP contribution in [0.5, 0.6) is 0 Å². The highest BCUT2D eigenvalue weighted by molar-refractivity contribution is 7.89. The zero-order valence-electron chi connectivity index (χ0n) is 12.3. The molecule has 5 nitrogen and oxygen atoms in total. The Hall–Kier alpha value is -1.11. The van der Waals surface area contributed by atoms with Gasteiger partial charge < -0.3 is 5.11 Å². The predicted molar refractivity (Wildman–Crippen MR) is 82.3 cm³/mol. The topological polar surface area (TPSA) is 83.5 Å². The van der Waals surface area contributed by atoms with E-state index in [0.29, 0.717) is 5.92 Å². The van der Waals surface area contributed by atoms with Crippen LogP contribution in [-0.4, -0.2) is 25.5 Å². The van der Waals surface area contributed by atoms with Gasteiger partial charge in [-0.25, -0.2) is 17.9 Å². The van der Waals surface area contributed by atoms with Gasteiger partial charge in [0.25, 0.3) is 0 Å². The van der Waals surface area contributed by atoms with Crippen molar-refractivity contribution in [2.75, 3.05) is 0 Å². The van der Waals surface area contributed by atoms with Crippen molar-refractivity contribution in [3.63, 3.8) is 0 Å². The minimum atomic E-state index is -3.75. The van der Waals surface area contributed by atoms with Crippen LogP contribution in [0.15, 0.2) is 23.1 Å². The molecule has 0 aliphatic carbocycles. The van der Waals surface area contributed by atoms with Gasteiger partial charge in [0, 0.05) is 6.04 Å². The van der Waals surface area contributed by atoms with Crippen LogP contribution in [0.1, 0.15) is 44.0 Å². The highest BCUT2D eigenvalue weighted by atomic mass is 35.5. The molecule has 0 saturated heterocycles. The predicted octanol–water partition coefficient (Wildman–Crippen LogP) is 3.14. The van der Waals surface area contributed by atoms with Crippen molar-refractivity contribution in [1.29, 1.82) is 0 Å². The van der Waals surface area contributed by atoms with Crippen LogP contribution in [0.4, 0.5) is 0 Å². The van der Waals surface area contributed by atoms with E-state index >= 15 is 0 Å². The number of sulfonamides is 1. The molecule has 21 heavy (non-hydrogen) atoms. The second kappa shape index (κ2) is 7.24. The van der Waals surface area contributed by atoms with Crippen molar-refractivity contribution in [3.8, 4) is 0 Å². The summed E-state index contributed by atoms with van der Waals surface area (Å²) < 4.78 is 27.0. The molecule has 0 aliphatic rings. The third kappa shape index (κ3) is 5.30. The van der Waals surface area contributed by atoms with Gasteiger partial charge in [-0.2, -0.15) is 0 Å². The smallest absolute Gasteiger partial charge is 0.337 e. The molecule has 1 rings (SSSR count). The Morgan fingerprint density at radius 1 is 1.29 bits per heavy atom. The quantitative estimate of drug-likeness (QED) is 0.803. The number of aromatic carboxylic acids is 1. The Balaban J connectivity index is 2.93. The van der Waals surface area contributed by atoms with Crippen LogP contribution in [-0.2, 0) is 10.0 Å². The Morgan fingerprint density at radius 2 is 1.90 bits per heavy atom. The number of halogens is 1. The Bertz CT molecular complexity index is 613. The van der Waals surface area contributed by atoms with E-state index in [0.717, 1.165) is 18.9 Å². The Kier molecular flexibility index (Phi) is 6.19. The summed E-state index contributed by atoms with van der Waals surface area (Å²) in [6.45, 7) is 5.92. The molecule has 1 unspecified atom stereocenters. The summed E-state index contributed by atoms with van der Waals surface area (Å²) in [6.07, 6.45) is 1.63. The highest BCUT2D eigenvalue weighted by Crippen LogP contribution is 2.21. The van der Waals surface area contributed by atoms with Crippen LogP contribution >= 0.6 is 11.6 Å². The Morgan fingerprint density at radius 3 is 2.43 bits per heavy atom. The number of rotatable bonds is 7. The van der Waals surface area contributed by atoms with Crippen LogP contribution in [0.3, 0.4) is 0 Å².